The third kappa shape index (κ3) is 3.64. The molecule has 1 atom stereocenters. The molecule has 6 nitrogen and oxygen atoms in total. The number of hydrogen-bond donors (Lipinski definition) is 1. The number of carbonyl (C=O) groups excluding carboxylic acids is 1. The first-order valence-electron chi connectivity index (χ1n) is 9.30. The topological polar surface area (TPSA) is 63.7 Å². The largest absolute Gasteiger partial charge is 0.497 e. The number of hydrogen-bond acceptors (Lipinski definition) is 5. The summed E-state index contributed by atoms with van der Waals surface area (Å²) in [5.74, 6) is 1.53. The minimum atomic E-state index is -0.113. The first-order valence-corrected chi connectivity index (χ1v) is 9.30. The van der Waals surface area contributed by atoms with Gasteiger partial charge in [-0.2, -0.15) is 0 Å². The summed E-state index contributed by atoms with van der Waals surface area (Å²) in [7, 11) is 3.30. The zero-order valence-corrected chi connectivity index (χ0v) is 16.0. The lowest BCUT2D eigenvalue weighted by Gasteiger charge is -2.34. The molecular weight excluding hydrogens is 354 g/mol. The van der Waals surface area contributed by atoms with Gasteiger partial charge in [0.25, 0.3) is 5.91 Å². The Hall–Kier alpha value is -3.12. The van der Waals surface area contributed by atoms with Crippen LogP contribution in [-0.2, 0) is 4.74 Å². The summed E-state index contributed by atoms with van der Waals surface area (Å²) in [5.41, 5.74) is 1.74. The highest BCUT2D eigenvalue weighted by Gasteiger charge is 2.23. The summed E-state index contributed by atoms with van der Waals surface area (Å²) < 4.78 is 11.3. The molecule has 0 saturated carbocycles. The van der Waals surface area contributed by atoms with Gasteiger partial charge in [-0.1, -0.05) is 18.2 Å². The van der Waals surface area contributed by atoms with Crippen LogP contribution in [0.2, 0.25) is 0 Å². The van der Waals surface area contributed by atoms with Crippen molar-refractivity contribution in [2.75, 3.05) is 38.8 Å². The van der Waals surface area contributed by atoms with Crippen LogP contribution in [0.25, 0.3) is 10.8 Å². The number of methoxy groups -OCH3 is 1. The highest BCUT2D eigenvalue weighted by atomic mass is 16.5. The average Bonchev–Trinajstić information content (AvgIpc) is 2.78. The molecule has 0 bridgehead atoms. The Morgan fingerprint density at radius 1 is 1.18 bits per heavy atom. The van der Waals surface area contributed by atoms with E-state index in [-0.39, 0.29) is 12.0 Å². The molecule has 4 rings (SSSR count). The van der Waals surface area contributed by atoms with Crippen LogP contribution < -0.4 is 15.0 Å². The number of pyridine rings is 1. The Morgan fingerprint density at radius 2 is 2.00 bits per heavy atom. The molecule has 1 fully saturated rings. The molecule has 1 saturated heterocycles. The van der Waals surface area contributed by atoms with E-state index in [4.69, 9.17) is 9.47 Å². The fourth-order valence-corrected chi connectivity index (χ4v) is 3.51. The maximum absolute atomic E-state index is 11.9. The van der Waals surface area contributed by atoms with Gasteiger partial charge in [0.15, 0.2) is 0 Å². The number of rotatable bonds is 4. The molecule has 144 valence electrons. The highest BCUT2D eigenvalue weighted by Crippen LogP contribution is 2.29. The molecule has 1 aliphatic rings. The van der Waals surface area contributed by atoms with Crippen LogP contribution in [0, 0.1) is 0 Å². The van der Waals surface area contributed by atoms with Crippen molar-refractivity contribution in [1.29, 1.82) is 0 Å². The summed E-state index contributed by atoms with van der Waals surface area (Å²) in [4.78, 5) is 18.5. The summed E-state index contributed by atoms with van der Waals surface area (Å²) in [6, 6.07) is 16.0. The van der Waals surface area contributed by atoms with Crippen molar-refractivity contribution in [2.24, 2.45) is 0 Å². The molecule has 1 aliphatic heterocycles. The molecule has 6 heteroatoms. The number of nitrogens with zero attached hydrogens (tertiary/aromatic N) is 2. The number of morpholine rings is 1. The molecule has 0 spiro atoms. The van der Waals surface area contributed by atoms with Crippen molar-refractivity contribution in [2.45, 2.75) is 6.10 Å². The van der Waals surface area contributed by atoms with Crippen molar-refractivity contribution >= 4 is 22.5 Å². The SMILES string of the molecule is CNC(=O)c1ccnc(N2CCOC(c3ccc4cc(OC)ccc4c3)C2)c1. The van der Waals surface area contributed by atoms with Crippen LogP contribution >= 0.6 is 0 Å². The molecule has 28 heavy (non-hydrogen) atoms. The molecule has 1 aromatic heterocycles. The van der Waals surface area contributed by atoms with E-state index in [1.807, 2.05) is 18.2 Å². The van der Waals surface area contributed by atoms with Crippen molar-refractivity contribution in [1.82, 2.24) is 10.3 Å². The number of benzene rings is 2. The van der Waals surface area contributed by atoms with Gasteiger partial charge in [0.1, 0.15) is 17.7 Å². The standard InChI is InChI=1S/C22H23N3O3/c1-23-22(26)18-7-8-24-21(13-18)25-9-10-28-20(14-25)17-4-3-16-12-19(27-2)6-5-15(16)11-17/h3-8,11-13,20H,9-10,14H2,1-2H3,(H,23,26). The van der Waals surface area contributed by atoms with Crippen LogP contribution in [0.5, 0.6) is 5.75 Å². The van der Waals surface area contributed by atoms with E-state index in [0.717, 1.165) is 34.4 Å². The van der Waals surface area contributed by atoms with Crippen molar-refractivity contribution in [3.8, 4) is 5.75 Å². The zero-order chi connectivity index (χ0) is 19.5. The van der Waals surface area contributed by atoms with Gasteiger partial charge >= 0.3 is 0 Å². The van der Waals surface area contributed by atoms with Crippen molar-refractivity contribution in [3.05, 3.63) is 65.9 Å². The maximum Gasteiger partial charge on any atom is 0.251 e. The predicted molar refractivity (Wildman–Crippen MR) is 109 cm³/mol. The van der Waals surface area contributed by atoms with Gasteiger partial charge < -0.3 is 19.7 Å². The smallest absolute Gasteiger partial charge is 0.251 e. The fourth-order valence-electron chi connectivity index (χ4n) is 3.51. The van der Waals surface area contributed by atoms with E-state index in [1.54, 1.807) is 26.4 Å². The first kappa shape index (κ1) is 18.3. The Labute approximate surface area is 164 Å². The predicted octanol–water partition coefficient (Wildman–Crippen LogP) is 3.18. The van der Waals surface area contributed by atoms with Crippen LogP contribution in [-0.4, -0.2) is 44.7 Å². The second-order valence-corrected chi connectivity index (χ2v) is 6.76. The molecule has 3 aromatic rings. The van der Waals surface area contributed by atoms with Gasteiger partial charge in [-0.05, 0) is 46.7 Å². The zero-order valence-electron chi connectivity index (χ0n) is 16.0. The van der Waals surface area contributed by atoms with E-state index < -0.39 is 0 Å². The molecule has 1 unspecified atom stereocenters. The molecule has 0 radical (unpaired) electrons. The van der Waals surface area contributed by atoms with Gasteiger partial charge in [-0.25, -0.2) is 4.98 Å². The number of carbonyl (C=O) groups is 1. The Kier molecular flexibility index (Phi) is 5.12. The lowest BCUT2D eigenvalue weighted by Crippen LogP contribution is -2.39. The highest BCUT2D eigenvalue weighted by molar-refractivity contribution is 5.94. The normalized spacial score (nSPS) is 16.8. The molecular formula is C22H23N3O3. The summed E-state index contributed by atoms with van der Waals surface area (Å²) >= 11 is 0. The Bertz CT molecular complexity index is 1010. The van der Waals surface area contributed by atoms with E-state index in [1.165, 1.54) is 0 Å². The van der Waals surface area contributed by atoms with E-state index >= 15 is 0 Å². The van der Waals surface area contributed by atoms with Crippen LogP contribution in [0.15, 0.2) is 54.7 Å². The van der Waals surface area contributed by atoms with Crippen LogP contribution in [0.1, 0.15) is 22.0 Å². The molecule has 2 aromatic carbocycles. The number of nitrogens with one attached hydrogen (secondary N) is 1. The molecule has 2 heterocycles. The number of aromatic nitrogens is 1. The van der Waals surface area contributed by atoms with E-state index in [2.05, 4.69) is 39.5 Å². The first-order chi connectivity index (χ1) is 13.7. The lowest BCUT2D eigenvalue weighted by molar-refractivity contribution is 0.0396. The molecule has 0 aliphatic carbocycles. The van der Waals surface area contributed by atoms with Crippen molar-refractivity contribution < 1.29 is 14.3 Å². The summed E-state index contributed by atoms with van der Waals surface area (Å²) in [5, 5.41) is 4.94. The molecule has 1 amide bonds. The van der Waals surface area contributed by atoms with Crippen LogP contribution in [0.3, 0.4) is 0 Å². The van der Waals surface area contributed by atoms with Gasteiger partial charge in [0.2, 0.25) is 0 Å². The summed E-state index contributed by atoms with van der Waals surface area (Å²) in [6.07, 6.45) is 1.62. The number of anilines is 1. The number of fused-ring (bicyclic) bond motifs is 1. The van der Waals surface area contributed by atoms with Crippen LogP contribution in [0.4, 0.5) is 5.82 Å². The number of ether oxygens (including phenoxy) is 2. The monoisotopic (exact) mass is 377 g/mol. The summed E-state index contributed by atoms with van der Waals surface area (Å²) in [6.45, 7) is 2.04. The van der Waals surface area contributed by atoms with Gasteiger partial charge in [-0.15, -0.1) is 0 Å². The number of amides is 1. The average molecular weight is 377 g/mol. The second-order valence-electron chi connectivity index (χ2n) is 6.76. The minimum absolute atomic E-state index is 0.0503. The van der Waals surface area contributed by atoms with Gasteiger partial charge in [-0.3, -0.25) is 4.79 Å². The Morgan fingerprint density at radius 3 is 2.82 bits per heavy atom. The van der Waals surface area contributed by atoms with E-state index in [0.29, 0.717) is 18.7 Å². The minimum Gasteiger partial charge on any atom is -0.497 e. The fraction of sp³-hybridized carbons (Fsp3) is 0.273. The van der Waals surface area contributed by atoms with E-state index in [9.17, 15) is 4.79 Å². The molecule has 1 N–H and O–H groups in total. The van der Waals surface area contributed by atoms with Gasteiger partial charge in [0, 0.05) is 31.9 Å². The second kappa shape index (κ2) is 7.86. The quantitative estimate of drug-likeness (QED) is 0.757. The lowest BCUT2D eigenvalue weighted by atomic mass is 10.0. The van der Waals surface area contributed by atoms with Gasteiger partial charge in [0.05, 0.1) is 13.7 Å². The Balaban J connectivity index is 1.57. The van der Waals surface area contributed by atoms with Crippen molar-refractivity contribution in [3.63, 3.8) is 0 Å². The third-order valence-corrected chi connectivity index (χ3v) is 5.07. The third-order valence-electron chi connectivity index (χ3n) is 5.07. The maximum atomic E-state index is 11.9.